The molecule has 8 rings (SSSR count). The highest BCUT2D eigenvalue weighted by Gasteiger charge is 2.85. The van der Waals surface area contributed by atoms with Crippen LogP contribution in [0.3, 0.4) is 0 Å². The van der Waals surface area contributed by atoms with Crippen LogP contribution in [0.2, 0.25) is 5.15 Å². The Morgan fingerprint density at radius 1 is 0.982 bits per heavy atom. The molecule has 2 unspecified atom stereocenters. The van der Waals surface area contributed by atoms with Gasteiger partial charge in [-0.3, -0.25) is 4.79 Å². The third kappa shape index (κ3) is 7.57. The van der Waals surface area contributed by atoms with Gasteiger partial charge < -0.3 is 20.1 Å². The molecule has 13 nitrogen and oxygen atoms in total. The first-order chi connectivity index (χ1) is 26.8. The van der Waals surface area contributed by atoms with Crippen LogP contribution in [0, 0.1) is 28.6 Å². The maximum absolute atomic E-state index is 13.3. The number of fused-ring (bicyclic) bond motifs is 1. The van der Waals surface area contributed by atoms with Gasteiger partial charge in [-0.2, -0.15) is 8.42 Å². The molecular formula is C41H48ClN7O6S. The number of likely N-dealkylation sites (tertiary alicyclic amines) is 1. The summed E-state index contributed by atoms with van der Waals surface area (Å²) in [6, 6.07) is 19.4. The number of hydrogen-bond donors (Lipinski definition) is 3. The molecule has 1 aliphatic heterocycles. The van der Waals surface area contributed by atoms with Crippen molar-refractivity contribution in [1.29, 1.82) is 0 Å². The third-order valence-corrected chi connectivity index (χ3v) is 14.4. The number of hydrogen-bond acceptors (Lipinski definition) is 9. The Morgan fingerprint density at radius 3 is 2.41 bits per heavy atom. The van der Waals surface area contributed by atoms with Crippen molar-refractivity contribution < 1.29 is 27.9 Å². The van der Waals surface area contributed by atoms with Crippen LogP contribution >= 0.6 is 11.6 Å². The molecule has 1 saturated heterocycles. The molecule has 2 atom stereocenters. The van der Waals surface area contributed by atoms with Crippen molar-refractivity contribution in [2.45, 2.75) is 82.2 Å². The lowest BCUT2D eigenvalue weighted by molar-refractivity contribution is 0.0980. The highest BCUT2D eigenvalue weighted by molar-refractivity contribution is 7.90. The summed E-state index contributed by atoms with van der Waals surface area (Å²) in [5.74, 6) is 1.39. The molecule has 4 aromatic rings. The van der Waals surface area contributed by atoms with Crippen LogP contribution in [0.1, 0.15) is 81.1 Å². The Bertz CT molecular complexity index is 2210. The maximum Gasteiger partial charge on any atom is 0.407 e. The predicted octanol–water partition coefficient (Wildman–Crippen LogP) is 7.22. The van der Waals surface area contributed by atoms with Gasteiger partial charge in [-0.1, -0.05) is 48.0 Å². The summed E-state index contributed by atoms with van der Waals surface area (Å²) in [4.78, 5) is 35.3. The minimum atomic E-state index is -4.38. The van der Waals surface area contributed by atoms with Gasteiger partial charge in [0, 0.05) is 30.9 Å². The number of carbonyl (C=O) groups is 2. The molecule has 3 aliphatic carbocycles. The number of rotatable bonds is 16. The molecule has 4 fully saturated rings. The van der Waals surface area contributed by atoms with Crippen LogP contribution < -0.4 is 14.8 Å². The lowest BCUT2D eigenvalue weighted by atomic mass is 9.81. The number of carbonyl (C=O) groups excluding carboxylic acids is 1. The first-order valence-electron chi connectivity index (χ1n) is 19.5. The van der Waals surface area contributed by atoms with Gasteiger partial charge in [-0.25, -0.2) is 24.2 Å². The lowest BCUT2D eigenvalue weighted by Gasteiger charge is -2.28. The number of pyridine rings is 2. The number of aryl methyl sites for hydroxylation is 1. The molecule has 2 spiro atoms. The van der Waals surface area contributed by atoms with E-state index in [0.717, 1.165) is 38.0 Å². The van der Waals surface area contributed by atoms with E-state index in [-0.39, 0.29) is 27.6 Å². The summed E-state index contributed by atoms with van der Waals surface area (Å²) in [5, 5.41) is 17.0. The van der Waals surface area contributed by atoms with Crippen LogP contribution in [0.15, 0.2) is 78.0 Å². The molecule has 1 aromatic carbocycles. The smallest absolute Gasteiger partial charge is 0.407 e. The second-order valence-electron chi connectivity index (χ2n) is 16.6. The number of benzene rings is 1. The summed E-state index contributed by atoms with van der Waals surface area (Å²) in [7, 11) is -4.38. The van der Waals surface area contributed by atoms with Crippen molar-refractivity contribution in [1.82, 2.24) is 29.4 Å². The second kappa shape index (κ2) is 14.7. The Hall–Kier alpha value is -4.69. The van der Waals surface area contributed by atoms with Crippen molar-refractivity contribution in [2.24, 2.45) is 28.6 Å². The van der Waals surface area contributed by atoms with E-state index in [9.17, 15) is 23.1 Å². The number of sulfonamides is 1. The minimum absolute atomic E-state index is 0.123. The molecule has 0 radical (unpaired) electrons. The van der Waals surface area contributed by atoms with E-state index in [1.807, 2.05) is 32.0 Å². The van der Waals surface area contributed by atoms with Crippen LogP contribution in [0.25, 0.3) is 5.82 Å². The molecule has 15 heteroatoms. The average Bonchev–Trinajstić information content (AvgIpc) is 4.12. The zero-order valence-corrected chi connectivity index (χ0v) is 33.2. The number of aromatic nitrogens is 4. The van der Waals surface area contributed by atoms with E-state index >= 15 is 0 Å². The molecule has 296 valence electrons. The number of carboxylic acid groups (broad SMARTS) is 1. The van der Waals surface area contributed by atoms with Gasteiger partial charge in [0.15, 0.2) is 10.8 Å². The number of anilines is 1. The van der Waals surface area contributed by atoms with Gasteiger partial charge in [-0.05, 0) is 130 Å². The zero-order chi connectivity index (χ0) is 39.3. The largest absolute Gasteiger partial charge is 0.477 e. The van der Waals surface area contributed by atoms with Crippen LogP contribution in [-0.4, -0.2) is 75.4 Å². The van der Waals surface area contributed by atoms with Crippen molar-refractivity contribution in [3.63, 3.8) is 0 Å². The summed E-state index contributed by atoms with van der Waals surface area (Å²) in [5.41, 5.74) is 1.92. The second-order valence-corrected chi connectivity index (χ2v) is 18.6. The Morgan fingerprint density at radius 2 is 1.73 bits per heavy atom. The normalized spacial score (nSPS) is 20.5. The number of halogens is 1. The van der Waals surface area contributed by atoms with E-state index in [2.05, 4.69) is 37.2 Å². The lowest BCUT2D eigenvalue weighted by Crippen LogP contribution is -2.41. The Balaban J connectivity index is 0.858. The quantitative estimate of drug-likeness (QED) is 0.0984. The van der Waals surface area contributed by atoms with Crippen LogP contribution in [-0.2, 0) is 16.4 Å². The highest BCUT2D eigenvalue weighted by Crippen LogP contribution is 2.93. The predicted molar refractivity (Wildman–Crippen MR) is 210 cm³/mol. The van der Waals surface area contributed by atoms with Crippen molar-refractivity contribution in [2.75, 3.05) is 25.0 Å². The van der Waals surface area contributed by atoms with Gasteiger partial charge >= 0.3 is 6.09 Å². The standard InChI is InChI=1S/C41H48ClN7O6S/c1-39(2)25-29(26-48(39)38(51)52)28(12-11-27-7-4-3-5-8-27)15-22-43-32-9-6-10-35(44-32)56(53,54)47-37(50)30-13-14-33(45-36(30)42)49-23-16-34(46-49)55-24-17-31-40(18-19-40)41(31)20-21-41/h3-10,13-14,16,23,28-29,31H,11-12,15,17-22,24-26H2,1-2H3,(H,43,44)(H,47,50)(H,51,52). The molecule has 56 heavy (non-hydrogen) atoms. The van der Waals surface area contributed by atoms with E-state index in [0.29, 0.717) is 48.0 Å². The third-order valence-electron chi connectivity index (χ3n) is 12.9. The first-order valence-corrected chi connectivity index (χ1v) is 21.3. The van der Waals surface area contributed by atoms with Crippen molar-refractivity contribution in [3.8, 4) is 11.7 Å². The van der Waals surface area contributed by atoms with Gasteiger partial charge in [0.1, 0.15) is 11.0 Å². The number of nitrogens with one attached hydrogen (secondary N) is 2. The first kappa shape index (κ1) is 38.2. The van der Waals surface area contributed by atoms with Gasteiger partial charge in [0.2, 0.25) is 5.88 Å². The van der Waals surface area contributed by atoms with Crippen LogP contribution in [0.5, 0.6) is 5.88 Å². The summed E-state index contributed by atoms with van der Waals surface area (Å²) >= 11 is 6.40. The monoisotopic (exact) mass is 801 g/mol. The summed E-state index contributed by atoms with van der Waals surface area (Å²) in [6.45, 7) is 5.51. The minimum Gasteiger partial charge on any atom is -0.477 e. The molecule has 0 bridgehead atoms. The average molecular weight is 802 g/mol. The summed E-state index contributed by atoms with van der Waals surface area (Å²) in [6.07, 6.45) is 10.5. The molecule has 4 heterocycles. The van der Waals surface area contributed by atoms with Gasteiger partial charge in [0.05, 0.1) is 12.2 Å². The molecule has 3 saturated carbocycles. The van der Waals surface area contributed by atoms with Crippen molar-refractivity contribution in [3.05, 3.63) is 89.2 Å². The fourth-order valence-corrected chi connectivity index (χ4v) is 10.9. The SMILES string of the molecule is CC1(C)CC(C(CCNc2cccc(S(=O)(=O)NC(=O)c3ccc(-n4ccc(OCCC5C6(CC6)C56CC6)n4)nc3Cl)n2)CCc2ccccc2)CN1C(=O)O. The molecule has 3 N–H and O–H groups in total. The molecular weight excluding hydrogens is 754 g/mol. The molecule has 2 amide bonds. The summed E-state index contributed by atoms with van der Waals surface area (Å²) < 4.78 is 36.2. The number of nitrogens with zero attached hydrogens (tertiary/aromatic N) is 5. The molecule has 3 aromatic heterocycles. The molecule has 4 aliphatic rings. The maximum atomic E-state index is 13.3. The van der Waals surface area contributed by atoms with Gasteiger partial charge in [0.25, 0.3) is 15.9 Å². The fraction of sp³-hybridized carbons (Fsp3) is 0.488. The Labute approximate surface area is 332 Å². The van der Waals surface area contributed by atoms with Gasteiger partial charge in [-0.15, -0.1) is 5.10 Å². The van der Waals surface area contributed by atoms with Crippen LogP contribution in [0.4, 0.5) is 10.6 Å². The topological polar surface area (TPSA) is 169 Å². The van der Waals surface area contributed by atoms with Crippen molar-refractivity contribution >= 4 is 39.4 Å². The van der Waals surface area contributed by atoms with E-state index in [1.54, 1.807) is 24.4 Å². The highest BCUT2D eigenvalue weighted by atomic mass is 35.5. The number of ether oxygens (including phenoxy) is 1. The fourth-order valence-electron chi connectivity index (χ4n) is 9.71. The van der Waals surface area contributed by atoms with E-state index < -0.39 is 27.6 Å². The number of amides is 2. The van der Waals surface area contributed by atoms with E-state index in [4.69, 9.17) is 16.3 Å². The Kier molecular flexibility index (Phi) is 10.0. The zero-order valence-electron chi connectivity index (χ0n) is 31.7. The van der Waals surface area contributed by atoms with E-state index in [1.165, 1.54) is 59.0 Å².